The molecule has 1 aromatic heterocycles. The summed E-state index contributed by atoms with van der Waals surface area (Å²) in [6.45, 7) is 3.72. The minimum atomic E-state index is -0.293. The first-order valence-corrected chi connectivity index (χ1v) is 12.5. The number of piperazine rings is 1. The van der Waals surface area contributed by atoms with Crippen molar-refractivity contribution in [1.82, 2.24) is 14.4 Å². The van der Waals surface area contributed by atoms with Crippen LogP contribution in [0.3, 0.4) is 0 Å². The maximum Gasteiger partial charge on any atom is 0.178 e. The Morgan fingerprint density at radius 3 is 2.05 bits per heavy atom. The number of fused-ring (bicyclic) bond motifs is 1. The van der Waals surface area contributed by atoms with Gasteiger partial charge in [0.25, 0.3) is 0 Å². The number of nitriles is 1. The van der Waals surface area contributed by atoms with E-state index in [-0.39, 0.29) is 23.5 Å². The molecule has 2 heterocycles. The zero-order chi connectivity index (χ0) is 25.8. The van der Waals surface area contributed by atoms with E-state index in [4.69, 9.17) is 5.26 Å². The molecular weight excluding hydrogens is 470 g/mol. The number of para-hydroxylation sites is 1. The first kappa shape index (κ1) is 24.8. The van der Waals surface area contributed by atoms with Crippen LogP contribution in [0.4, 0.5) is 8.78 Å². The molecule has 5 rings (SSSR count). The number of Topliss-reactive ketones (excluding diaryl/α,β-unsaturated/α-hetero) is 1. The first-order valence-electron chi connectivity index (χ1n) is 12.5. The van der Waals surface area contributed by atoms with Crippen molar-refractivity contribution in [2.24, 2.45) is 0 Å². The minimum Gasteiger partial charge on any atom is -0.346 e. The summed E-state index contributed by atoms with van der Waals surface area (Å²) in [4.78, 5) is 17.8. The van der Waals surface area contributed by atoms with Gasteiger partial charge >= 0.3 is 0 Å². The molecule has 0 amide bonds. The first-order chi connectivity index (χ1) is 18.0. The van der Waals surface area contributed by atoms with Gasteiger partial charge in [-0.05, 0) is 41.5 Å². The third-order valence-electron chi connectivity index (χ3n) is 7.06. The number of aromatic nitrogens is 1. The summed E-state index contributed by atoms with van der Waals surface area (Å²) in [6.07, 6.45) is 2.26. The highest BCUT2D eigenvalue weighted by molar-refractivity contribution is 6.09. The monoisotopic (exact) mass is 498 g/mol. The molecule has 0 spiro atoms. The summed E-state index contributed by atoms with van der Waals surface area (Å²) >= 11 is 0. The Bertz CT molecular complexity index is 1370. The largest absolute Gasteiger partial charge is 0.346 e. The molecule has 1 fully saturated rings. The summed E-state index contributed by atoms with van der Waals surface area (Å²) in [5.74, 6) is -0.521. The Morgan fingerprint density at radius 1 is 0.865 bits per heavy atom. The Kier molecular flexibility index (Phi) is 7.40. The number of aryl methyl sites for hydroxylation is 1. The predicted octanol–water partition coefficient (Wildman–Crippen LogP) is 5.42. The van der Waals surface area contributed by atoms with Crippen molar-refractivity contribution >= 4 is 16.7 Å². The normalized spacial score (nSPS) is 14.8. The summed E-state index contributed by atoms with van der Waals surface area (Å²) in [5, 5.41) is 9.90. The van der Waals surface area contributed by atoms with E-state index in [1.807, 2.05) is 35.0 Å². The van der Waals surface area contributed by atoms with E-state index in [1.165, 1.54) is 24.3 Å². The van der Waals surface area contributed by atoms with Crippen LogP contribution in [-0.2, 0) is 6.54 Å². The highest BCUT2D eigenvalue weighted by atomic mass is 19.1. The van der Waals surface area contributed by atoms with E-state index < -0.39 is 0 Å². The lowest BCUT2D eigenvalue weighted by Crippen LogP contribution is -2.49. The number of nitrogens with zero attached hydrogens (tertiary/aromatic N) is 4. The molecule has 1 aliphatic rings. The molecule has 0 saturated carbocycles. The summed E-state index contributed by atoms with van der Waals surface area (Å²) in [7, 11) is 0. The number of carbonyl (C=O) groups is 1. The highest BCUT2D eigenvalue weighted by Crippen LogP contribution is 2.30. The topological polar surface area (TPSA) is 52.3 Å². The number of hydrogen-bond acceptors (Lipinski definition) is 4. The van der Waals surface area contributed by atoms with Crippen LogP contribution in [0.25, 0.3) is 10.9 Å². The van der Waals surface area contributed by atoms with Crippen molar-refractivity contribution < 1.29 is 13.6 Å². The predicted molar refractivity (Wildman–Crippen MR) is 139 cm³/mol. The van der Waals surface area contributed by atoms with Gasteiger partial charge in [0.2, 0.25) is 0 Å². The summed E-state index contributed by atoms with van der Waals surface area (Å²) < 4.78 is 29.2. The molecule has 4 aromatic rings. The molecule has 3 aromatic carbocycles. The Morgan fingerprint density at radius 2 is 1.46 bits per heavy atom. The van der Waals surface area contributed by atoms with Crippen LogP contribution in [-0.4, -0.2) is 52.9 Å². The summed E-state index contributed by atoms with van der Waals surface area (Å²) in [6, 6.07) is 22.8. The fourth-order valence-corrected chi connectivity index (χ4v) is 5.20. The van der Waals surface area contributed by atoms with Crippen LogP contribution in [0.15, 0.2) is 79.0 Å². The van der Waals surface area contributed by atoms with Gasteiger partial charge < -0.3 is 4.57 Å². The lowest BCUT2D eigenvalue weighted by molar-refractivity contribution is 0.0809. The zero-order valence-electron chi connectivity index (χ0n) is 20.5. The fraction of sp³-hybridized carbons (Fsp3) is 0.267. The SMILES string of the molecule is N#CCCn1cc(C(=O)CN2CCN(C(c3ccc(F)cc3)c3ccc(F)cc3)CC2)c2ccccc21. The number of rotatable bonds is 8. The fourth-order valence-electron chi connectivity index (χ4n) is 5.20. The van der Waals surface area contributed by atoms with Crippen LogP contribution in [0, 0.1) is 23.0 Å². The van der Waals surface area contributed by atoms with Gasteiger partial charge in [-0.3, -0.25) is 14.6 Å². The van der Waals surface area contributed by atoms with Gasteiger partial charge in [0, 0.05) is 55.4 Å². The van der Waals surface area contributed by atoms with Crippen LogP contribution < -0.4 is 0 Å². The van der Waals surface area contributed by atoms with Gasteiger partial charge in [-0.25, -0.2) is 8.78 Å². The van der Waals surface area contributed by atoms with E-state index in [0.29, 0.717) is 38.2 Å². The van der Waals surface area contributed by atoms with Crippen molar-refractivity contribution in [2.75, 3.05) is 32.7 Å². The van der Waals surface area contributed by atoms with E-state index >= 15 is 0 Å². The molecule has 5 nitrogen and oxygen atoms in total. The van der Waals surface area contributed by atoms with Crippen molar-refractivity contribution in [3.63, 3.8) is 0 Å². The minimum absolute atomic E-state index is 0.0639. The zero-order valence-corrected chi connectivity index (χ0v) is 20.5. The maximum absolute atomic E-state index is 13.6. The highest BCUT2D eigenvalue weighted by Gasteiger charge is 2.28. The van der Waals surface area contributed by atoms with E-state index in [1.54, 1.807) is 24.3 Å². The third-order valence-corrected chi connectivity index (χ3v) is 7.06. The van der Waals surface area contributed by atoms with Gasteiger partial charge in [-0.15, -0.1) is 0 Å². The Balaban J connectivity index is 1.30. The lowest BCUT2D eigenvalue weighted by atomic mass is 9.96. The van der Waals surface area contributed by atoms with Crippen LogP contribution in [0.1, 0.15) is 33.9 Å². The molecule has 0 radical (unpaired) electrons. The number of ketones is 1. The number of benzene rings is 3. The van der Waals surface area contributed by atoms with Crippen LogP contribution in [0.2, 0.25) is 0 Å². The van der Waals surface area contributed by atoms with Gasteiger partial charge in [0.1, 0.15) is 11.6 Å². The molecular formula is C30H28F2N4O. The molecule has 0 atom stereocenters. The van der Waals surface area contributed by atoms with Crippen molar-refractivity contribution in [1.29, 1.82) is 5.26 Å². The molecule has 0 unspecified atom stereocenters. The van der Waals surface area contributed by atoms with E-state index in [9.17, 15) is 13.6 Å². The molecule has 7 heteroatoms. The van der Waals surface area contributed by atoms with Crippen molar-refractivity contribution in [3.8, 4) is 6.07 Å². The second kappa shape index (κ2) is 11.0. The van der Waals surface area contributed by atoms with Crippen LogP contribution >= 0.6 is 0 Å². The Hall–Kier alpha value is -3.86. The molecule has 0 aliphatic carbocycles. The second-order valence-corrected chi connectivity index (χ2v) is 9.40. The van der Waals surface area contributed by atoms with Crippen LogP contribution in [0.5, 0.6) is 0 Å². The number of hydrogen-bond donors (Lipinski definition) is 0. The average molecular weight is 499 g/mol. The maximum atomic E-state index is 13.6. The van der Waals surface area contributed by atoms with E-state index in [0.717, 1.165) is 35.1 Å². The second-order valence-electron chi connectivity index (χ2n) is 9.40. The molecule has 37 heavy (non-hydrogen) atoms. The number of halogens is 2. The van der Waals surface area contributed by atoms with Crippen molar-refractivity contribution in [3.05, 3.63) is 107 Å². The van der Waals surface area contributed by atoms with Gasteiger partial charge in [-0.1, -0.05) is 42.5 Å². The molecule has 1 saturated heterocycles. The molecule has 0 N–H and O–H groups in total. The number of carbonyl (C=O) groups excluding carboxylic acids is 1. The molecule has 188 valence electrons. The third kappa shape index (κ3) is 5.46. The Labute approximate surface area is 215 Å². The molecule has 1 aliphatic heterocycles. The standard InChI is InChI=1S/C30H28F2N4O/c31-24-10-6-22(7-11-24)30(23-8-12-25(32)13-9-23)35-18-16-34(17-19-35)21-29(37)27-20-36(15-3-14-33)28-5-2-1-4-26(27)28/h1-2,4-13,20,30H,3,15-19,21H2. The summed E-state index contributed by atoms with van der Waals surface area (Å²) in [5.41, 5.74) is 3.55. The quantitative estimate of drug-likeness (QED) is 0.304. The smallest absolute Gasteiger partial charge is 0.178 e. The average Bonchev–Trinajstić information content (AvgIpc) is 3.29. The van der Waals surface area contributed by atoms with Gasteiger partial charge in [0.15, 0.2) is 5.78 Å². The molecule has 0 bridgehead atoms. The lowest BCUT2D eigenvalue weighted by Gasteiger charge is -2.39. The van der Waals surface area contributed by atoms with Gasteiger partial charge in [0.05, 0.1) is 25.1 Å². The van der Waals surface area contributed by atoms with Crippen molar-refractivity contribution in [2.45, 2.75) is 19.0 Å². The van der Waals surface area contributed by atoms with Gasteiger partial charge in [-0.2, -0.15) is 5.26 Å². The van der Waals surface area contributed by atoms with E-state index in [2.05, 4.69) is 15.9 Å².